The van der Waals surface area contributed by atoms with E-state index >= 15 is 0 Å². The predicted octanol–water partition coefficient (Wildman–Crippen LogP) is 4.69. The van der Waals surface area contributed by atoms with Crippen molar-refractivity contribution in [3.05, 3.63) is 120 Å². The molecule has 1 heterocycles. The van der Waals surface area contributed by atoms with Gasteiger partial charge < -0.3 is 24.1 Å². The van der Waals surface area contributed by atoms with E-state index in [1.807, 2.05) is 91.0 Å². The zero-order valence-electron chi connectivity index (χ0n) is 19.2. The monoisotopic (exact) mass is 460 g/mol. The highest BCUT2D eigenvalue weighted by atomic mass is 16.6. The summed E-state index contributed by atoms with van der Waals surface area (Å²) in [4.78, 5) is 0. The summed E-state index contributed by atoms with van der Waals surface area (Å²) >= 11 is 0. The van der Waals surface area contributed by atoms with Gasteiger partial charge in [-0.25, -0.2) is 0 Å². The molecule has 0 amide bonds. The van der Waals surface area contributed by atoms with E-state index in [1.54, 1.807) is 6.08 Å². The van der Waals surface area contributed by atoms with Crippen molar-refractivity contribution in [1.82, 2.24) is 0 Å². The maximum atomic E-state index is 11.1. The molecule has 178 valence electrons. The zero-order valence-corrected chi connectivity index (χ0v) is 19.2. The summed E-state index contributed by atoms with van der Waals surface area (Å²) in [5, 5.41) is 11.1. The first kappa shape index (κ1) is 24.3. The molecule has 5 nitrogen and oxygen atoms in total. The van der Waals surface area contributed by atoms with Gasteiger partial charge in [0, 0.05) is 0 Å². The van der Waals surface area contributed by atoms with E-state index in [4.69, 9.17) is 18.9 Å². The van der Waals surface area contributed by atoms with Crippen LogP contribution in [0.2, 0.25) is 0 Å². The van der Waals surface area contributed by atoms with Crippen LogP contribution in [0, 0.1) is 0 Å². The molecule has 0 radical (unpaired) electrons. The second-order valence-corrected chi connectivity index (χ2v) is 8.39. The van der Waals surface area contributed by atoms with Crippen LogP contribution in [-0.4, -0.2) is 42.2 Å². The van der Waals surface area contributed by atoms with E-state index in [-0.39, 0.29) is 0 Å². The molecule has 3 aromatic carbocycles. The fraction of sp³-hybridized carbons (Fsp3) is 0.310. The Morgan fingerprint density at radius 2 is 1.18 bits per heavy atom. The Hall–Kier alpha value is -2.80. The highest BCUT2D eigenvalue weighted by molar-refractivity contribution is 5.15. The lowest BCUT2D eigenvalue weighted by Crippen LogP contribution is -2.59. The van der Waals surface area contributed by atoms with E-state index in [9.17, 15) is 5.11 Å². The Kier molecular flexibility index (Phi) is 9.02. The van der Waals surface area contributed by atoms with Crippen molar-refractivity contribution in [3.63, 3.8) is 0 Å². The molecule has 1 aliphatic rings. The minimum absolute atomic E-state index is 0.302. The van der Waals surface area contributed by atoms with Crippen LogP contribution in [-0.2, 0) is 38.8 Å². The first-order chi connectivity index (χ1) is 16.7. The van der Waals surface area contributed by atoms with E-state index in [0.717, 1.165) is 16.7 Å². The topological polar surface area (TPSA) is 57.2 Å². The molecule has 0 aromatic heterocycles. The largest absolute Gasteiger partial charge is 0.387 e. The van der Waals surface area contributed by atoms with E-state index < -0.39 is 30.5 Å². The second kappa shape index (κ2) is 12.6. The summed E-state index contributed by atoms with van der Waals surface area (Å²) in [7, 11) is 0. The van der Waals surface area contributed by atoms with Crippen molar-refractivity contribution in [2.45, 2.75) is 50.3 Å². The Labute approximate surface area is 201 Å². The van der Waals surface area contributed by atoms with Gasteiger partial charge in [0.15, 0.2) is 0 Å². The lowest BCUT2D eigenvalue weighted by molar-refractivity contribution is -0.251. The molecule has 1 saturated heterocycles. The molecule has 1 aliphatic heterocycles. The molecule has 3 aromatic rings. The molecule has 5 atom stereocenters. The van der Waals surface area contributed by atoms with Gasteiger partial charge in [0.1, 0.15) is 30.5 Å². The molecule has 0 aliphatic carbocycles. The second-order valence-electron chi connectivity index (χ2n) is 8.39. The van der Waals surface area contributed by atoms with Gasteiger partial charge >= 0.3 is 0 Å². The van der Waals surface area contributed by atoms with Crippen LogP contribution >= 0.6 is 0 Å². The SMILES string of the molecule is C=C[C@@H]1O[C@H](COCc2ccccc2)[C@H](OCc2ccccc2)[C@H](OCc2ccccc2)[C@H]1O. The van der Waals surface area contributed by atoms with E-state index in [0.29, 0.717) is 26.4 Å². The molecule has 0 saturated carbocycles. The molecule has 0 unspecified atom stereocenters. The third-order valence-corrected chi connectivity index (χ3v) is 5.89. The van der Waals surface area contributed by atoms with Crippen LogP contribution in [0.1, 0.15) is 16.7 Å². The average molecular weight is 461 g/mol. The maximum Gasteiger partial charge on any atom is 0.115 e. The fourth-order valence-corrected chi connectivity index (χ4v) is 4.08. The predicted molar refractivity (Wildman–Crippen MR) is 131 cm³/mol. The van der Waals surface area contributed by atoms with Crippen molar-refractivity contribution in [3.8, 4) is 0 Å². The average Bonchev–Trinajstić information content (AvgIpc) is 2.89. The van der Waals surface area contributed by atoms with Gasteiger partial charge in [0.25, 0.3) is 0 Å². The van der Waals surface area contributed by atoms with Gasteiger partial charge in [-0.2, -0.15) is 0 Å². The van der Waals surface area contributed by atoms with Gasteiger partial charge in [0.2, 0.25) is 0 Å². The molecule has 34 heavy (non-hydrogen) atoms. The summed E-state index contributed by atoms with van der Waals surface area (Å²) in [5.74, 6) is 0. The summed E-state index contributed by atoms with van der Waals surface area (Å²) < 4.78 is 24.8. The number of aliphatic hydroxyl groups is 1. The molecule has 1 N–H and O–H groups in total. The summed E-state index contributed by atoms with van der Waals surface area (Å²) in [6, 6.07) is 29.8. The number of ether oxygens (including phenoxy) is 4. The lowest BCUT2D eigenvalue weighted by Gasteiger charge is -2.43. The fourth-order valence-electron chi connectivity index (χ4n) is 4.08. The van der Waals surface area contributed by atoms with Crippen molar-refractivity contribution in [2.75, 3.05) is 6.61 Å². The number of aliphatic hydroxyl groups excluding tert-OH is 1. The Bertz CT molecular complexity index is 979. The first-order valence-electron chi connectivity index (χ1n) is 11.6. The summed E-state index contributed by atoms with van der Waals surface area (Å²) in [5.41, 5.74) is 3.14. The van der Waals surface area contributed by atoms with Gasteiger partial charge in [-0.3, -0.25) is 0 Å². The van der Waals surface area contributed by atoms with Crippen LogP contribution < -0.4 is 0 Å². The smallest absolute Gasteiger partial charge is 0.115 e. The van der Waals surface area contributed by atoms with Crippen LogP contribution in [0.5, 0.6) is 0 Å². The number of rotatable bonds is 11. The van der Waals surface area contributed by atoms with Gasteiger partial charge in [-0.1, -0.05) is 97.1 Å². The highest BCUT2D eigenvalue weighted by Crippen LogP contribution is 2.29. The molecular weight excluding hydrogens is 428 g/mol. The first-order valence-corrected chi connectivity index (χ1v) is 11.6. The third kappa shape index (κ3) is 6.63. The minimum Gasteiger partial charge on any atom is -0.387 e. The van der Waals surface area contributed by atoms with E-state index in [1.165, 1.54) is 0 Å². The number of hydrogen-bond acceptors (Lipinski definition) is 5. The summed E-state index contributed by atoms with van der Waals surface area (Å²) in [6.07, 6.45) is -1.44. The van der Waals surface area contributed by atoms with Crippen molar-refractivity contribution in [1.29, 1.82) is 0 Å². The van der Waals surface area contributed by atoms with Crippen molar-refractivity contribution >= 4 is 0 Å². The standard InChI is InChI=1S/C29H32O5/c1-2-25-27(30)29(33-20-24-16-10-5-11-17-24)28(32-19-23-14-8-4-9-15-23)26(34-25)21-31-18-22-12-6-3-7-13-22/h2-17,25-30H,1,18-21H2/t25-,26+,27-,28-,29+/m0/s1. The van der Waals surface area contributed by atoms with Crippen LogP contribution in [0.4, 0.5) is 0 Å². The van der Waals surface area contributed by atoms with Crippen LogP contribution in [0.15, 0.2) is 104 Å². The summed E-state index contributed by atoms with van der Waals surface area (Å²) in [6.45, 7) is 5.34. The van der Waals surface area contributed by atoms with Crippen molar-refractivity contribution < 1.29 is 24.1 Å². The minimum atomic E-state index is -0.910. The van der Waals surface area contributed by atoms with Crippen LogP contribution in [0.25, 0.3) is 0 Å². The van der Waals surface area contributed by atoms with Crippen molar-refractivity contribution in [2.24, 2.45) is 0 Å². The van der Waals surface area contributed by atoms with Gasteiger partial charge in [-0.05, 0) is 16.7 Å². The Morgan fingerprint density at radius 3 is 1.68 bits per heavy atom. The normalized spacial score (nSPS) is 24.6. The zero-order chi connectivity index (χ0) is 23.6. The molecule has 0 bridgehead atoms. The lowest BCUT2D eigenvalue weighted by atomic mass is 9.94. The molecule has 1 fully saturated rings. The number of hydrogen-bond donors (Lipinski definition) is 1. The highest BCUT2D eigenvalue weighted by Gasteiger charge is 2.46. The Morgan fingerprint density at radius 1 is 0.706 bits per heavy atom. The quantitative estimate of drug-likeness (QED) is 0.421. The maximum absolute atomic E-state index is 11.1. The van der Waals surface area contributed by atoms with Crippen LogP contribution in [0.3, 0.4) is 0 Å². The third-order valence-electron chi connectivity index (χ3n) is 5.89. The van der Waals surface area contributed by atoms with Gasteiger partial charge in [-0.15, -0.1) is 6.58 Å². The van der Waals surface area contributed by atoms with Gasteiger partial charge in [0.05, 0.1) is 26.4 Å². The Balaban J connectivity index is 1.49. The number of benzene rings is 3. The van der Waals surface area contributed by atoms with E-state index in [2.05, 4.69) is 6.58 Å². The molecule has 0 spiro atoms. The molecule has 4 rings (SSSR count). The molecular formula is C29H32O5. The molecule has 5 heteroatoms.